The van der Waals surface area contributed by atoms with Gasteiger partial charge in [0.1, 0.15) is 5.82 Å². The van der Waals surface area contributed by atoms with Gasteiger partial charge in [-0.25, -0.2) is 4.39 Å². The largest absolute Gasteiger partial charge is 0.361 e. The quantitative estimate of drug-likeness (QED) is 0.786. The molecule has 1 aromatic carbocycles. The Morgan fingerprint density at radius 1 is 1.24 bits per heavy atom. The lowest BCUT2D eigenvalue weighted by molar-refractivity contribution is 0.0610. The summed E-state index contributed by atoms with van der Waals surface area (Å²) in [5.41, 5.74) is 0.810. The highest BCUT2D eigenvalue weighted by atomic mass is 32.1. The lowest BCUT2D eigenvalue weighted by Crippen LogP contribution is -2.52. The third-order valence-electron chi connectivity index (χ3n) is 5.52. The lowest BCUT2D eigenvalue weighted by atomic mass is 9.94. The summed E-state index contributed by atoms with van der Waals surface area (Å²) in [4.78, 5) is 18.2. The van der Waals surface area contributed by atoms with Gasteiger partial charge in [-0.2, -0.15) is 0 Å². The number of anilines is 1. The Labute approximate surface area is 152 Å². The van der Waals surface area contributed by atoms with Gasteiger partial charge in [0.05, 0.1) is 17.0 Å². The number of amides is 1. The number of halogens is 1. The van der Waals surface area contributed by atoms with E-state index in [0.29, 0.717) is 0 Å². The van der Waals surface area contributed by atoms with Gasteiger partial charge in [-0.15, -0.1) is 11.3 Å². The van der Waals surface area contributed by atoms with Crippen LogP contribution in [-0.2, 0) is 0 Å². The number of carbonyl (C=O) groups is 1. The molecule has 3 nitrogen and oxygen atoms in total. The number of hydrogen-bond acceptors (Lipinski definition) is 3. The Bertz CT molecular complexity index is 774. The van der Waals surface area contributed by atoms with E-state index >= 15 is 0 Å². The maximum absolute atomic E-state index is 13.8. The van der Waals surface area contributed by atoms with E-state index in [2.05, 4.69) is 23.6 Å². The Morgan fingerprint density at radius 3 is 2.80 bits per heavy atom. The molecule has 25 heavy (non-hydrogen) atoms. The number of carbonyl (C=O) groups excluding carboxylic acids is 1. The fourth-order valence-electron chi connectivity index (χ4n) is 4.60. The molecule has 2 aliphatic rings. The second kappa shape index (κ2) is 6.13. The van der Waals surface area contributed by atoms with Gasteiger partial charge in [0.15, 0.2) is 0 Å². The fraction of sp³-hybridized carbons (Fsp3) is 0.450. The maximum Gasteiger partial charge on any atom is 0.264 e. The van der Waals surface area contributed by atoms with Gasteiger partial charge in [0.2, 0.25) is 0 Å². The molecular weight excluding hydrogens is 335 g/mol. The van der Waals surface area contributed by atoms with E-state index in [1.807, 2.05) is 23.6 Å². The zero-order valence-corrected chi connectivity index (χ0v) is 15.4. The van der Waals surface area contributed by atoms with Crippen LogP contribution in [0.5, 0.6) is 0 Å². The number of nitrogens with zero attached hydrogens (tertiary/aromatic N) is 2. The van der Waals surface area contributed by atoms with Crippen molar-refractivity contribution in [3.8, 4) is 0 Å². The zero-order valence-electron chi connectivity index (χ0n) is 14.6. The first kappa shape index (κ1) is 16.6. The highest BCUT2D eigenvalue weighted by Crippen LogP contribution is 2.44. The van der Waals surface area contributed by atoms with Crippen LogP contribution in [0.2, 0.25) is 0 Å². The highest BCUT2D eigenvalue weighted by molar-refractivity contribution is 7.12. The average molecular weight is 358 g/mol. The number of fused-ring (bicyclic) bond motifs is 1. The molecule has 2 fully saturated rings. The summed E-state index contributed by atoms with van der Waals surface area (Å²) in [7, 11) is 0. The van der Waals surface area contributed by atoms with Crippen molar-refractivity contribution in [2.24, 2.45) is 0 Å². The van der Waals surface area contributed by atoms with Gasteiger partial charge in [-0.1, -0.05) is 12.1 Å². The first-order valence-electron chi connectivity index (χ1n) is 8.87. The number of rotatable bonds is 2. The first-order valence-corrected chi connectivity index (χ1v) is 9.75. The molecule has 1 amide bonds. The molecule has 4 rings (SSSR count). The molecule has 2 aliphatic heterocycles. The molecule has 0 radical (unpaired) electrons. The summed E-state index contributed by atoms with van der Waals surface area (Å²) >= 11 is 1.50. The third-order valence-corrected chi connectivity index (χ3v) is 6.37. The van der Waals surface area contributed by atoms with Gasteiger partial charge in [0.25, 0.3) is 5.91 Å². The number of benzene rings is 1. The molecule has 0 spiro atoms. The maximum atomic E-state index is 13.8. The molecule has 5 heteroatoms. The van der Waals surface area contributed by atoms with Crippen molar-refractivity contribution in [2.75, 3.05) is 11.4 Å². The van der Waals surface area contributed by atoms with Crippen molar-refractivity contribution in [1.29, 1.82) is 0 Å². The number of likely N-dealkylation sites (tertiary alicyclic amines) is 1. The van der Waals surface area contributed by atoms with Crippen LogP contribution >= 0.6 is 11.3 Å². The van der Waals surface area contributed by atoms with Gasteiger partial charge in [-0.3, -0.25) is 4.79 Å². The molecule has 0 saturated carbocycles. The lowest BCUT2D eigenvalue weighted by Gasteiger charge is -2.42. The van der Waals surface area contributed by atoms with Gasteiger partial charge in [-0.05, 0) is 62.8 Å². The van der Waals surface area contributed by atoms with E-state index in [-0.39, 0.29) is 29.3 Å². The highest BCUT2D eigenvalue weighted by Gasteiger charge is 2.50. The monoisotopic (exact) mass is 358 g/mol. The van der Waals surface area contributed by atoms with Gasteiger partial charge >= 0.3 is 0 Å². The molecule has 2 atom stereocenters. The third kappa shape index (κ3) is 2.84. The predicted molar refractivity (Wildman–Crippen MR) is 99.7 cm³/mol. The van der Waals surface area contributed by atoms with Crippen LogP contribution in [0.15, 0.2) is 41.8 Å². The average Bonchev–Trinajstić information content (AvgIpc) is 3.18. The summed E-state index contributed by atoms with van der Waals surface area (Å²) in [5, 5.41) is 1.95. The van der Waals surface area contributed by atoms with Crippen LogP contribution in [0.3, 0.4) is 0 Å². The summed E-state index contributed by atoms with van der Waals surface area (Å²) in [6, 6.07) is 11.1. The van der Waals surface area contributed by atoms with E-state index < -0.39 is 0 Å². The van der Waals surface area contributed by atoms with Crippen LogP contribution in [0.1, 0.15) is 42.8 Å². The van der Waals surface area contributed by atoms with E-state index in [4.69, 9.17) is 0 Å². The molecule has 3 heterocycles. The molecule has 0 unspecified atom stereocenters. The molecule has 0 aliphatic carbocycles. The van der Waals surface area contributed by atoms with Crippen LogP contribution in [0, 0.1) is 5.82 Å². The Balaban J connectivity index is 1.68. The van der Waals surface area contributed by atoms with Gasteiger partial charge in [0, 0.05) is 17.8 Å². The Morgan fingerprint density at radius 2 is 2.08 bits per heavy atom. The van der Waals surface area contributed by atoms with E-state index in [1.165, 1.54) is 17.4 Å². The van der Waals surface area contributed by atoms with Crippen molar-refractivity contribution < 1.29 is 9.18 Å². The second-order valence-corrected chi connectivity index (χ2v) is 8.57. The standard InChI is InChI=1S/C20H23FN2OS/c1-20(2)13-17-16(23(20)15-7-3-6-14(21)12-15)8-4-10-22(17)19(24)18-9-5-11-25-18/h3,5-7,9,11-12,16-17H,4,8,10,13H2,1-2H3/t16-,17-/m0/s1. The van der Waals surface area contributed by atoms with Crippen LogP contribution < -0.4 is 4.90 Å². The van der Waals surface area contributed by atoms with E-state index in [9.17, 15) is 9.18 Å². The molecule has 2 saturated heterocycles. The van der Waals surface area contributed by atoms with E-state index in [0.717, 1.165) is 36.4 Å². The SMILES string of the molecule is CC1(C)C[C@H]2[C@H](CCCN2C(=O)c2cccs2)N1c1cccc(F)c1. The van der Waals surface area contributed by atoms with Crippen LogP contribution in [0.4, 0.5) is 10.1 Å². The molecule has 0 N–H and O–H groups in total. The molecule has 132 valence electrons. The predicted octanol–water partition coefficient (Wildman–Crippen LogP) is 4.55. The minimum atomic E-state index is -0.209. The van der Waals surface area contributed by atoms with Crippen molar-refractivity contribution >= 4 is 22.9 Å². The minimum Gasteiger partial charge on any atom is -0.361 e. The summed E-state index contributed by atoms with van der Waals surface area (Å²) in [6.07, 6.45) is 2.93. The van der Waals surface area contributed by atoms with E-state index in [1.54, 1.807) is 12.1 Å². The molecule has 2 aromatic rings. The second-order valence-electron chi connectivity index (χ2n) is 7.62. The molecule has 0 bridgehead atoms. The Kier molecular flexibility index (Phi) is 4.07. The molecular formula is C20H23FN2OS. The summed E-state index contributed by atoms with van der Waals surface area (Å²) in [5.74, 6) is -0.0688. The molecule has 1 aromatic heterocycles. The van der Waals surface area contributed by atoms with Crippen LogP contribution in [0.25, 0.3) is 0 Å². The fourth-order valence-corrected chi connectivity index (χ4v) is 5.28. The van der Waals surface area contributed by atoms with Crippen molar-refractivity contribution in [3.05, 3.63) is 52.5 Å². The smallest absolute Gasteiger partial charge is 0.264 e. The summed E-state index contributed by atoms with van der Waals surface area (Å²) in [6.45, 7) is 5.21. The van der Waals surface area contributed by atoms with Crippen molar-refractivity contribution in [1.82, 2.24) is 4.90 Å². The summed E-state index contributed by atoms with van der Waals surface area (Å²) < 4.78 is 13.8. The van der Waals surface area contributed by atoms with Crippen molar-refractivity contribution in [3.63, 3.8) is 0 Å². The number of piperidine rings is 1. The topological polar surface area (TPSA) is 23.6 Å². The van der Waals surface area contributed by atoms with Crippen LogP contribution in [-0.4, -0.2) is 35.0 Å². The number of thiophene rings is 1. The first-order chi connectivity index (χ1) is 12.0. The zero-order chi connectivity index (χ0) is 17.6. The van der Waals surface area contributed by atoms with Crippen molar-refractivity contribution in [2.45, 2.75) is 50.7 Å². The van der Waals surface area contributed by atoms with Gasteiger partial charge < -0.3 is 9.80 Å². The Hall–Kier alpha value is -1.88. The number of hydrogen-bond donors (Lipinski definition) is 0. The minimum absolute atomic E-state index is 0.110. The normalized spacial score (nSPS) is 25.1.